The largest absolute Gasteiger partial charge is 0.468 e. The standard InChI is InChI=1S/C17H23NO4S/c1-12-7-8-13(17(2,3)4)10-16(12)23(20,21)18-14(11-19)15-6-5-9-22-15/h5-10,14,18-19H,11H2,1-4H3. The lowest BCUT2D eigenvalue weighted by molar-refractivity contribution is 0.242. The molecule has 1 aromatic carbocycles. The normalized spacial score (nSPS) is 14.0. The fourth-order valence-electron chi connectivity index (χ4n) is 2.28. The van der Waals surface area contributed by atoms with Gasteiger partial charge in [-0.1, -0.05) is 32.9 Å². The van der Waals surface area contributed by atoms with Crippen molar-refractivity contribution in [1.82, 2.24) is 4.72 Å². The van der Waals surface area contributed by atoms with Gasteiger partial charge in [0, 0.05) is 0 Å². The number of aliphatic hydroxyl groups excluding tert-OH is 1. The maximum absolute atomic E-state index is 12.7. The fraction of sp³-hybridized carbons (Fsp3) is 0.412. The molecular formula is C17H23NO4S. The van der Waals surface area contributed by atoms with Gasteiger partial charge in [0.2, 0.25) is 10.0 Å². The van der Waals surface area contributed by atoms with Crippen LogP contribution in [0.25, 0.3) is 0 Å². The molecule has 0 bridgehead atoms. The third-order valence-electron chi connectivity index (χ3n) is 3.71. The number of benzene rings is 1. The molecular weight excluding hydrogens is 314 g/mol. The van der Waals surface area contributed by atoms with Crippen LogP contribution in [0.15, 0.2) is 45.9 Å². The summed E-state index contributed by atoms with van der Waals surface area (Å²) < 4.78 is 33.2. The lowest BCUT2D eigenvalue weighted by Gasteiger charge is -2.21. The molecule has 1 heterocycles. The van der Waals surface area contributed by atoms with Crippen LogP contribution in [-0.2, 0) is 15.4 Å². The molecule has 0 spiro atoms. The summed E-state index contributed by atoms with van der Waals surface area (Å²) in [6.07, 6.45) is 1.44. The van der Waals surface area contributed by atoms with Gasteiger partial charge in [0.05, 0.1) is 17.8 Å². The van der Waals surface area contributed by atoms with E-state index in [9.17, 15) is 13.5 Å². The van der Waals surface area contributed by atoms with Gasteiger partial charge in [-0.25, -0.2) is 8.42 Å². The molecule has 126 valence electrons. The van der Waals surface area contributed by atoms with E-state index in [1.165, 1.54) is 6.26 Å². The Kier molecular flexibility index (Phi) is 4.98. The Morgan fingerprint density at radius 3 is 2.48 bits per heavy atom. The first-order valence-corrected chi connectivity index (χ1v) is 8.91. The van der Waals surface area contributed by atoms with Crippen molar-refractivity contribution < 1.29 is 17.9 Å². The summed E-state index contributed by atoms with van der Waals surface area (Å²) in [6, 6.07) is 7.89. The zero-order valence-corrected chi connectivity index (χ0v) is 14.6. The highest BCUT2D eigenvalue weighted by Crippen LogP contribution is 2.27. The number of hydrogen-bond donors (Lipinski definition) is 2. The summed E-state index contributed by atoms with van der Waals surface area (Å²) in [4.78, 5) is 0.218. The molecule has 23 heavy (non-hydrogen) atoms. The molecule has 0 saturated heterocycles. The number of rotatable bonds is 5. The van der Waals surface area contributed by atoms with E-state index >= 15 is 0 Å². The van der Waals surface area contributed by atoms with Crippen LogP contribution in [0.4, 0.5) is 0 Å². The third-order valence-corrected chi connectivity index (χ3v) is 5.32. The first-order chi connectivity index (χ1) is 10.6. The monoisotopic (exact) mass is 337 g/mol. The Bertz CT molecular complexity index is 758. The van der Waals surface area contributed by atoms with E-state index in [4.69, 9.17) is 4.42 Å². The molecule has 1 unspecified atom stereocenters. The molecule has 2 rings (SSSR count). The molecule has 1 atom stereocenters. The van der Waals surface area contributed by atoms with Crippen molar-refractivity contribution in [2.45, 2.75) is 44.0 Å². The summed E-state index contributed by atoms with van der Waals surface area (Å²) in [7, 11) is -3.78. The Labute approximate surface area is 137 Å². The predicted molar refractivity (Wildman–Crippen MR) is 88.7 cm³/mol. The van der Waals surface area contributed by atoms with Crippen LogP contribution in [0.2, 0.25) is 0 Å². The molecule has 0 amide bonds. The van der Waals surface area contributed by atoms with Gasteiger partial charge in [0.15, 0.2) is 0 Å². The van der Waals surface area contributed by atoms with E-state index in [-0.39, 0.29) is 16.9 Å². The zero-order chi connectivity index (χ0) is 17.3. The Hall–Kier alpha value is -1.63. The van der Waals surface area contributed by atoms with Gasteiger partial charge in [-0.15, -0.1) is 0 Å². The van der Waals surface area contributed by atoms with Crippen LogP contribution in [-0.4, -0.2) is 20.1 Å². The highest BCUT2D eigenvalue weighted by molar-refractivity contribution is 7.89. The lowest BCUT2D eigenvalue weighted by Crippen LogP contribution is -2.31. The molecule has 2 aromatic rings. The van der Waals surface area contributed by atoms with Gasteiger partial charge in [-0.2, -0.15) is 4.72 Å². The Morgan fingerprint density at radius 2 is 1.96 bits per heavy atom. The average molecular weight is 337 g/mol. The van der Waals surface area contributed by atoms with E-state index in [2.05, 4.69) is 4.72 Å². The minimum Gasteiger partial charge on any atom is -0.468 e. The van der Waals surface area contributed by atoms with Gasteiger partial charge in [-0.3, -0.25) is 0 Å². The Balaban J connectivity index is 2.39. The molecule has 1 aromatic heterocycles. The first kappa shape index (κ1) is 17.7. The van der Waals surface area contributed by atoms with Gasteiger partial charge in [0.1, 0.15) is 11.8 Å². The lowest BCUT2D eigenvalue weighted by atomic mass is 9.87. The summed E-state index contributed by atoms with van der Waals surface area (Å²) in [6.45, 7) is 7.45. The Morgan fingerprint density at radius 1 is 1.26 bits per heavy atom. The van der Waals surface area contributed by atoms with E-state index in [0.29, 0.717) is 11.3 Å². The molecule has 0 aliphatic carbocycles. The zero-order valence-electron chi connectivity index (χ0n) is 13.8. The van der Waals surface area contributed by atoms with Crippen LogP contribution in [0.3, 0.4) is 0 Å². The minimum absolute atomic E-state index is 0.157. The maximum atomic E-state index is 12.7. The number of nitrogens with one attached hydrogen (secondary N) is 1. The smallest absolute Gasteiger partial charge is 0.241 e. The fourth-order valence-corrected chi connectivity index (χ4v) is 3.75. The van der Waals surface area contributed by atoms with Crippen LogP contribution in [0, 0.1) is 6.92 Å². The average Bonchev–Trinajstić information content (AvgIpc) is 2.97. The second-order valence-electron chi connectivity index (χ2n) is 6.60. The summed E-state index contributed by atoms with van der Waals surface area (Å²) in [5.74, 6) is 0.376. The second kappa shape index (κ2) is 6.47. The molecule has 0 aliphatic rings. The molecule has 6 heteroatoms. The quantitative estimate of drug-likeness (QED) is 0.879. The SMILES string of the molecule is Cc1ccc(C(C)(C)C)cc1S(=O)(=O)NC(CO)c1ccco1. The molecule has 2 N–H and O–H groups in total. The molecule has 0 fully saturated rings. The highest BCUT2D eigenvalue weighted by atomic mass is 32.2. The van der Waals surface area contributed by atoms with Gasteiger partial charge >= 0.3 is 0 Å². The first-order valence-electron chi connectivity index (χ1n) is 7.43. The predicted octanol–water partition coefficient (Wildman–Crippen LogP) is 2.90. The van der Waals surface area contributed by atoms with E-state index < -0.39 is 16.1 Å². The van der Waals surface area contributed by atoms with Crippen LogP contribution in [0.5, 0.6) is 0 Å². The molecule has 5 nitrogen and oxygen atoms in total. The number of furan rings is 1. The molecule has 0 aliphatic heterocycles. The van der Waals surface area contributed by atoms with Crippen molar-refractivity contribution in [3.05, 3.63) is 53.5 Å². The van der Waals surface area contributed by atoms with Crippen molar-refractivity contribution >= 4 is 10.0 Å². The van der Waals surface area contributed by atoms with Crippen molar-refractivity contribution in [2.75, 3.05) is 6.61 Å². The maximum Gasteiger partial charge on any atom is 0.241 e. The summed E-state index contributed by atoms with van der Waals surface area (Å²) in [5, 5.41) is 9.47. The van der Waals surface area contributed by atoms with Gasteiger partial charge in [0.25, 0.3) is 0 Å². The summed E-state index contributed by atoms with van der Waals surface area (Å²) >= 11 is 0. The van der Waals surface area contributed by atoms with E-state index in [1.807, 2.05) is 26.8 Å². The topological polar surface area (TPSA) is 79.5 Å². The number of aryl methyl sites for hydroxylation is 1. The van der Waals surface area contributed by atoms with Crippen molar-refractivity contribution in [3.8, 4) is 0 Å². The van der Waals surface area contributed by atoms with Crippen LogP contribution in [0.1, 0.15) is 43.7 Å². The number of aliphatic hydroxyl groups is 1. The molecule has 0 saturated carbocycles. The van der Waals surface area contributed by atoms with E-state index in [1.54, 1.807) is 31.2 Å². The number of sulfonamides is 1. The molecule has 0 radical (unpaired) electrons. The van der Waals surface area contributed by atoms with Crippen molar-refractivity contribution in [3.63, 3.8) is 0 Å². The van der Waals surface area contributed by atoms with Gasteiger partial charge in [-0.05, 0) is 41.7 Å². The van der Waals surface area contributed by atoms with Crippen molar-refractivity contribution in [1.29, 1.82) is 0 Å². The van der Waals surface area contributed by atoms with Crippen LogP contribution < -0.4 is 4.72 Å². The second-order valence-corrected chi connectivity index (χ2v) is 8.28. The highest BCUT2D eigenvalue weighted by Gasteiger charge is 2.25. The minimum atomic E-state index is -3.78. The van der Waals surface area contributed by atoms with Crippen molar-refractivity contribution in [2.24, 2.45) is 0 Å². The van der Waals surface area contributed by atoms with Gasteiger partial charge < -0.3 is 9.52 Å². The van der Waals surface area contributed by atoms with E-state index in [0.717, 1.165) is 5.56 Å². The third kappa shape index (κ3) is 4.02. The van der Waals surface area contributed by atoms with Crippen LogP contribution >= 0.6 is 0 Å². The number of hydrogen-bond acceptors (Lipinski definition) is 4. The summed E-state index contributed by atoms with van der Waals surface area (Å²) in [5.41, 5.74) is 1.43.